The fourth-order valence-corrected chi connectivity index (χ4v) is 5.77. The van der Waals surface area contributed by atoms with Gasteiger partial charge in [-0.05, 0) is 54.7 Å². The number of fused-ring (bicyclic) bond motifs is 2. The molecule has 2 aromatic heterocycles. The van der Waals surface area contributed by atoms with E-state index < -0.39 is 11.9 Å². The molecule has 5 heterocycles. The van der Waals surface area contributed by atoms with Gasteiger partial charge in [-0.15, -0.1) is 0 Å². The van der Waals surface area contributed by atoms with Gasteiger partial charge in [0.25, 0.3) is 5.91 Å². The summed E-state index contributed by atoms with van der Waals surface area (Å²) in [4.78, 5) is 45.9. The summed E-state index contributed by atoms with van der Waals surface area (Å²) in [6, 6.07) is 9.92. The zero-order chi connectivity index (χ0) is 24.6. The summed E-state index contributed by atoms with van der Waals surface area (Å²) in [6.45, 7) is 2.46. The summed E-state index contributed by atoms with van der Waals surface area (Å²) in [5.74, 6) is -0.862. The molecule has 2 saturated heterocycles. The number of pyridine rings is 1. The van der Waals surface area contributed by atoms with Crippen molar-refractivity contribution < 1.29 is 19.5 Å². The number of nitrogens with one attached hydrogen (secondary N) is 1. The molecule has 184 valence electrons. The first-order valence-electron chi connectivity index (χ1n) is 12.6. The number of likely N-dealkylation sites (tertiary alicyclic amines) is 1. The SMILES string of the molecule is O=C1CCC(N2Cc3cc(-c4cc(CN5CC(O)C5)c5ccn(C6CC6)c5n4)ccc3C2=O)C(=O)N1. The lowest BCUT2D eigenvalue weighted by Gasteiger charge is -2.36. The summed E-state index contributed by atoms with van der Waals surface area (Å²) < 4.78 is 2.27. The fourth-order valence-electron chi connectivity index (χ4n) is 5.77. The van der Waals surface area contributed by atoms with Crippen molar-refractivity contribution in [3.63, 3.8) is 0 Å². The van der Waals surface area contributed by atoms with E-state index in [0.717, 1.165) is 34.4 Å². The van der Waals surface area contributed by atoms with Crippen LogP contribution in [-0.2, 0) is 22.7 Å². The molecule has 3 amide bonds. The van der Waals surface area contributed by atoms with E-state index in [-0.39, 0.29) is 24.3 Å². The summed E-state index contributed by atoms with van der Waals surface area (Å²) in [5, 5.41) is 13.3. The second-order valence-electron chi connectivity index (χ2n) is 10.5. The van der Waals surface area contributed by atoms with E-state index in [4.69, 9.17) is 4.98 Å². The first kappa shape index (κ1) is 21.7. The van der Waals surface area contributed by atoms with E-state index in [1.54, 1.807) is 4.90 Å². The Balaban J connectivity index is 1.24. The van der Waals surface area contributed by atoms with Crippen molar-refractivity contribution in [1.82, 2.24) is 24.7 Å². The first-order chi connectivity index (χ1) is 17.4. The molecule has 1 unspecified atom stereocenters. The summed E-state index contributed by atoms with van der Waals surface area (Å²) in [6.07, 6.45) is 4.80. The number of aliphatic hydroxyl groups is 1. The molecule has 1 atom stereocenters. The highest BCUT2D eigenvalue weighted by molar-refractivity contribution is 6.05. The van der Waals surface area contributed by atoms with Crippen molar-refractivity contribution in [2.75, 3.05) is 13.1 Å². The molecule has 0 spiro atoms. The molecule has 1 aromatic carbocycles. The van der Waals surface area contributed by atoms with E-state index in [2.05, 4.69) is 33.1 Å². The van der Waals surface area contributed by atoms with Crippen LogP contribution in [0.1, 0.15) is 53.2 Å². The van der Waals surface area contributed by atoms with Crippen molar-refractivity contribution in [3.05, 3.63) is 53.2 Å². The van der Waals surface area contributed by atoms with Gasteiger partial charge >= 0.3 is 0 Å². The Kier molecular flexibility index (Phi) is 4.81. The quantitative estimate of drug-likeness (QED) is 0.535. The number of hydrogen-bond acceptors (Lipinski definition) is 6. The van der Waals surface area contributed by atoms with Gasteiger partial charge in [0.05, 0.1) is 11.8 Å². The van der Waals surface area contributed by atoms with Gasteiger partial charge in [0.15, 0.2) is 0 Å². The number of β-amino-alcohol motifs (C(OH)–C–C–N with tert-alkyl or cyclic N) is 1. The Hall–Kier alpha value is -3.56. The second-order valence-corrected chi connectivity index (χ2v) is 10.5. The average Bonchev–Trinajstić information content (AvgIpc) is 3.51. The Morgan fingerprint density at radius 3 is 2.64 bits per heavy atom. The number of benzene rings is 1. The van der Waals surface area contributed by atoms with Crippen LogP contribution in [0.25, 0.3) is 22.3 Å². The number of aliphatic hydroxyl groups excluding tert-OH is 1. The normalized spacial score (nSPS) is 22.8. The van der Waals surface area contributed by atoms with Crippen LogP contribution in [0.2, 0.25) is 0 Å². The zero-order valence-electron chi connectivity index (χ0n) is 19.8. The van der Waals surface area contributed by atoms with Gasteiger partial charge < -0.3 is 14.6 Å². The Morgan fingerprint density at radius 1 is 1.06 bits per heavy atom. The number of piperidine rings is 1. The maximum atomic E-state index is 13.1. The van der Waals surface area contributed by atoms with Crippen LogP contribution in [0.15, 0.2) is 36.5 Å². The minimum Gasteiger partial charge on any atom is -0.390 e. The lowest BCUT2D eigenvalue weighted by atomic mass is 10.0. The Bertz CT molecular complexity index is 1440. The molecule has 0 radical (unpaired) electrons. The van der Waals surface area contributed by atoms with E-state index in [1.165, 1.54) is 18.4 Å². The number of nitrogens with zero attached hydrogens (tertiary/aromatic N) is 4. The molecule has 9 heteroatoms. The van der Waals surface area contributed by atoms with Gasteiger partial charge in [0.1, 0.15) is 11.7 Å². The summed E-state index contributed by atoms with van der Waals surface area (Å²) >= 11 is 0. The molecular weight excluding hydrogens is 458 g/mol. The molecule has 36 heavy (non-hydrogen) atoms. The summed E-state index contributed by atoms with van der Waals surface area (Å²) in [7, 11) is 0. The monoisotopic (exact) mass is 485 g/mol. The Labute approximate surface area is 207 Å². The molecule has 0 bridgehead atoms. The van der Waals surface area contributed by atoms with Crippen LogP contribution in [0.3, 0.4) is 0 Å². The fraction of sp³-hybridized carbons (Fsp3) is 0.407. The molecule has 1 saturated carbocycles. The van der Waals surface area contributed by atoms with Crippen molar-refractivity contribution in [3.8, 4) is 11.3 Å². The standard InChI is InChI=1S/C27H27N5O4/c33-19-13-30(14-19)11-17-10-22(28-25-20(17)7-8-31(25)18-2-3-18)15-1-4-21-16(9-15)12-32(27(21)36)23-5-6-24(34)29-26(23)35/h1,4,7-10,18-19,23,33H,2-3,5-6,11-14H2,(H,29,34,35). The van der Waals surface area contributed by atoms with E-state index >= 15 is 0 Å². The molecular formula is C27H27N5O4. The minimum atomic E-state index is -0.624. The third-order valence-electron chi connectivity index (χ3n) is 7.86. The number of amides is 3. The minimum absolute atomic E-state index is 0.172. The number of carbonyl (C=O) groups excluding carboxylic acids is 3. The van der Waals surface area contributed by atoms with Gasteiger partial charge in [0, 0.05) is 61.4 Å². The first-order valence-corrected chi connectivity index (χ1v) is 12.6. The summed E-state index contributed by atoms with van der Waals surface area (Å²) in [5.41, 5.74) is 5.42. The highest BCUT2D eigenvalue weighted by Gasteiger charge is 2.39. The number of rotatable bonds is 5. The molecule has 3 aliphatic heterocycles. The van der Waals surface area contributed by atoms with Crippen molar-refractivity contribution in [2.45, 2.75) is 57.0 Å². The molecule has 7 rings (SSSR count). The lowest BCUT2D eigenvalue weighted by Crippen LogP contribution is -2.52. The number of imide groups is 1. The van der Waals surface area contributed by atoms with Gasteiger partial charge in [-0.25, -0.2) is 4.98 Å². The largest absolute Gasteiger partial charge is 0.390 e. The molecule has 4 aliphatic rings. The van der Waals surface area contributed by atoms with Gasteiger partial charge in [-0.1, -0.05) is 6.07 Å². The van der Waals surface area contributed by atoms with Crippen LogP contribution < -0.4 is 5.32 Å². The smallest absolute Gasteiger partial charge is 0.255 e. The topological polar surface area (TPSA) is 108 Å². The third kappa shape index (κ3) is 3.53. The van der Waals surface area contributed by atoms with Crippen LogP contribution in [0.5, 0.6) is 0 Å². The maximum Gasteiger partial charge on any atom is 0.255 e. The predicted molar refractivity (Wildman–Crippen MR) is 131 cm³/mol. The highest BCUT2D eigenvalue weighted by Crippen LogP contribution is 2.39. The van der Waals surface area contributed by atoms with Gasteiger partial charge in [-0.3, -0.25) is 24.6 Å². The number of aromatic nitrogens is 2. The van der Waals surface area contributed by atoms with E-state index in [0.29, 0.717) is 37.7 Å². The second kappa shape index (κ2) is 7.97. The maximum absolute atomic E-state index is 13.1. The lowest BCUT2D eigenvalue weighted by molar-refractivity contribution is -0.136. The molecule has 9 nitrogen and oxygen atoms in total. The zero-order valence-corrected chi connectivity index (χ0v) is 19.8. The average molecular weight is 486 g/mol. The van der Waals surface area contributed by atoms with Crippen LogP contribution >= 0.6 is 0 Å². The van der Waals surface area contributed by atoms with Crippen LogP contribution in [0, 0.1) is 0 Å². The predicted octanol–water partition coefficient (Wildman–Crippen LogP) is 1.98. The molecule has 3 aromatic rings. The highest BCUT2D eigenvalue weighted by atomic mass is 16.3. The Morgan fingerprint density at radius 2 is 1.89 bits per heavy atom. The van der Waals surface area contributed by atoms with Gasteiger partial charge in [-0.2, -0.15) is 0 Å². The molecule has 2 N–H and O–H groups in total. The van der Waals surface area contributed by atoms with E-state index in [1.807, 2.05) is 18.2 Å². The van der Waals surface area contributed by atoms with Crippen LogP contribution in [-0.4, -0.2) is 67.4 Å². The van der Waals surface area contributed by atoms with Crippen molar-refractivity contribution in [2.24, 2.45) is 0 Å². The third-order valence-corrected chi connectivity index (χ3v) is 7.86. The van der Waals surface area contributed by atoms with Gasteiger partial charge in [0.2, 0.25) is 11.8 Å². The molecule has 1 aliphatic carbocycles. The number of carbonyl (C=O) groups is 3. The van der Waals surface area contributed by atoms with E-state index in [9.17, 15) is 19.5 Å². The van der Waals surface area contributed by atoms with Crippen LogP contribution in [0.4, 0.5) is 0 Å². The molecule has 3 fully saturated rings. The van der Waals surface area contributed by atoms with Crippen molar-refractivity contribution >= 4 is 28.8 Å². The number of hydrogen-bond donors (Lipinski definition) is 2. The van der Waals surface area contributed by atoms with Crippen molar-refractivity contribution in [1.29, 1.82) is 0 Å².